The van der Waals surface area contributed by atoms with Gasteiger partial charge < -0.3 is 4.74 Å². The summed E-state index contributed by atoms with van der Waals surface area (Å²) in [5.74, 6) is 0.883. The summed E-state index contributed by atoms with van der Waals surface area (Å²) < 4.78 is 5.37. The topological polar surface area (TPSA) is 9.23 Å². The van der Waals surface area contributed by atoms with Gasteiger partial charge in [0.2, 0.25) is 0 Å². The lowest BCUT2D eigenvalue weighted by atomic mass is 9.90. The smallest absolute Gasteiger partial charge is 0.0494 e. The molecule has 1 rings (SSSR count). The molecule has 1 heteroatoms. The summed E-state index contributed by atoms with van der Waals surface area (Å²) in [6, 6.07) is 0. The van der Waals surface area contributed by atoms with Crippen molar-refractivity contribution in [1.82, 2.24) is 0 Å². The molecule has 0 radical (unpaired) electrons. The van der Waals surface area contributed by atoms with Gasteiger partial charge in [-0.2, -0.15) is 0 Å². The lowest BCUT2D eigenvalue weighted by molar-refractivity contribution is 0.0949. The van der Waals surface area contributed by atoms with E-state index in [2.05, 4.69) is 6.92 Å². The Kier molecular flexibility index (Phi) is 9.02. The summed E-state index contributed by atoms with van der Waals surface area (Å²) in [6.07, 6.45) is 7.11. The molecule has 0 bridgehead atoms. The van der Waals surface area contributed by atoms with Crippen molar-refractivity contribution in [2.24, 2.45) is 5.92 Å². The van der Waals surface area contributed by atoms with Crippen LogP contribution in [0.15, 0.2) is 0 Å². The summed E-state index contributed by atoms with van der Waals surface area (Å²) in [7, 11) is 0. The third-order valence-electron chi connectivity index (χ3n) is 2.28. The average molecular weight is 172 g/mol. The van der Waals surface area contributed by atoms with E-state index in [0.717, 1.165) is 19.1 Å². The van der Waals surface area contributed by atoms with Crippen molar-refractivity contribution in [3.05, 3.63) is 0 Å². The van der Waals surface area contributed by atoms with Crippen LogP contribution in [0.5, 0.6) is 0 Å². The molecule has 0 aliphatic heterocycles. The quantitative estimate of drug-likeness (QED) is 0.631. The SMILES string of the molecule is CC.CCOCC1CCCCC1. The Labute approximate surface area is 77.5 Å². The van der Waals surface area contributed by atoms with Crippen LogP contribution < -0.4 is 0 Å². The molecule has 0 aromatic rings. The van der Waals surface area contributed by atoms with Gasteiger partial charge in [-0.3, -0.25) is 0 Å². The van der Waals surface area contributed by atoms with Crippen molar-refractivity contribution in [3.63, 3.8) is 0 Å². The highest BCUT2D eigenvalue weighted by Gasteiger charge is 2.12. The minimum atomic E-state index is 0.883. The van der Waals surface area contributed by atoms with Gasteiger partial charge in [-0.15, -0.1) is 0 Å². The molecule has 1 nitrogen and oxygen atoms in total. The first-order valence-corrected chi connectivity index (χ1v) is 5.51. The Morgan fingerprint density at radius 3 is 2.17 bits per heavy atom. The highest BCUT2D eigenvalue weighted by molar-refractivity contribution is 4.64. The van der Waals surface area contributed by atoms with E-state index < -0.39 is 0 Å². The molecule has 74 valence electrons. The molecular weight excluding hydrogens is 148 g/mol. The zero-order valence-corrected chi connectivity index (χ0v) is 8.94. The third-order valence-corrected chi connectivity index (χ3v) is 2.28. The molecule has 1 fully saturated rings. The van der Waals surface area contributed by atoms with Gasteiger partial charge in [0.1, 0.15) is 0 Å². The summed E-state index contributed by atoms with van der Waals surface area (Å²) >= 11 is 0. The molecule has 0 atom stereocenters. The van der Waals surface area contributed by atoms with Gasteiger partial charge in [0.05, 0.1) is 0 Å². The van der Waals surface area contributed by atoms with Crippen LogP contribution in [-0.2, 0) is 4.74 Å². The van der Waals surface area contributed by atoms with Crippen molar-refractivity contribution >= 4 is 0 Å². The molecule has 12 heavy (non-hydrogen) atoms. The molecule has 0 N–H and O–H groups in total. The summed E-state index contributed by atoms with van der Waals surface area (Å²) in [5, 5.41) is 0. The van der Waals surface area contributed by atoms with Gasteiger partial charge in [-0.05, 0) is 25.7 Å². The van der Waals surface area contributed by atoms with Crippen LogP contribution in [0.3, 0.4) is 0 Å². The van der Waals surface area contributed by atoms with Gasteiger partial charge in [0, 0.05) is 13.2 Å². The fourth-order valence-corrected chi connectivity index (χ4v) is 1.64. The Morgan fingerprint density at radius 2 is 1.67 bits per heavy atom. The molecule has 0 aromatic heterocycles. The Balaban J connectivity index is 0.000000561. The standard InChI is InChI=1S/C9H18O.C2H6/c1-2-10-8-9-6-4-3-5-7-9;1-2/h9H,2-8H2,1H3;1-2H3. The van der Waals surface area contributed by atoms with Crippen molar-refractivity contribution in [1.29, 1.82) is 0 Å². The zero-order valence-electron chi connectivity index (χ0n) is 8.94. The highest BCUT2D eigenvalue weighted by atomic mass is 16.5. The van der Waals surface area contributed by atoms with Gasteiger partial charge in [-0.25, -0.2) is 0 Å². The Bertz CT molecular complexity index is 75.1. The first kappa shape index (κ1) is 12.0. The summed E-state index contributed by atoms with van der Waals surface area (Å²) in [5.41, 5.74) is 0. The largest absolute Gasteiger partial charge is 0.381 e. The number of ether oxygens (including phenoxy) is 1. The van der Waals surface area contributed by atoms with E-state index in [-0.39, 0.29) is 0 Å². The lowest BCUT2D eigenvalue weighted by Gasteiger charge is -2.20. The van der Waals surface area contributed by atoms with E-state index in [1.165, 1.54) is 32.1 Å². The molecule has 0 saturated heterocycles. The molecule has 0 amide bonds. The van der Waals surface area contributed by atoms with Crippen LogP contribution in [0.2, 0.25) is 0 Å². The molecule has 1 saturated carbocycles. The van der Waals surface area contributed by atoms with Gasteiger partial charge in [0.15, 0.2) is 0 Å². The van der Waals surface area contributed by atoms with Crippen molar-refractivity contribution < 1.29 is 4.74 Å². The predicted octanol–water partition coefficient (Wildman–Crippen LogP) is 3.63. The lowest BCUT2D eigenvalue weighted by Crippen LogP contribution is -2.12. The summed E-state index contributed by atoms with van der Waals surface area (Å²) in [6.45, 7) is 7.97. The van der Waals surface area contributed by atoms with Crippen LogP contribution in [0, 0.1) is 5.92 Å². The molecule has 0 aromatic carbocycles. The van der Waals surface area contributed by atoms with Crippen molar-refractivity contribution in [2.75, 3.05) is 13.2 Å². The molecule has 1 aliphatic rings. The molecule has 0 unspecified atom stereocenters. The highest BCUT2D eigenvalue weighted by Crippen LogP contribution is 2.23. The van der Waals surface area contributed by atoms with E-state index in [0.29, 0.717) is 0 Å². The third kappa shape index (κ3) is 5.59. The van der Waals surface area contributed by atoms with Gasteiger partial charge in [0.25, 0.3) is 0 Å². The maximum Gasteiger partial charge on any atom is 0.0494 e. The molecule has 1 aliphatic carbocycles. The van der Waals surface area contributed by atoms with E-state index in [1.807, 2.05) is 13.8 Å². The fraction of sp³-hybridized carbons (Fsp3) is 1.00. The maximum atomic E-state index is 5.37. The minimum absolute atomic E-state index is 0.883. The predicted molar refractivity (Wildman–Crippen MR) is 54.4 cm³/mol. The second kappa shape index (κ2) is 9.05. The van der Waals surface area contributed by atoms with E-state index in [4.69, 9.17) is 4.74 Å². The van der Waals surface area contributed by atoms with Gasteiger partial charge >= 0.3 is 0 Å². The van der Waals surface area contributed by atoms with E-state index in [9.17, 15) is 0 Å². The minimum Gasteiger partial charge on any atom is -0.381 e. The molecular formula is C11H24O. The molecule has 0 heterocycles. The number of rotatable bonds is 3. The Hall–Kier alpha value is -0.0400. The zero-order chi connectivity index (χ0) is 9.23. The van der Waals surface area contributed by atoms with Crippen LogP contribution in [0.25, 0.3) is 0 Å². The van der Waals surface area contributed by atoms with Crippen molar-refractivity contribution in [3.8, 4) is 0 Å². The number of hydrogen-bond acceptors (Lipinski definition) is 1. The van der Waals surface area contributed by atoms with Crippen LogP contribution in [0.4, 0.5) is 0 Å². The second-order valence-corrected chi connectivity index (χ2v) is 3.16. The summed E-state index contributed by atoms with van der Waals surface area (Å²) in [4.78, 5) is 0. The maximum absolute atomic E-state index is 5.37. The van der Waals surface area contributed by atoms with Crippen molar-refractivity contribution in [2.45, 2.75) is 52.9 Å². The second-order valence-electron chi connectivity index (χ2n) is 3.16. The Morgan fingerprint density at radius 1 is 1.08 bits per heavy atom. The fourth-order valence-electron chi connectivity index (χ4n) is 1.64. The van der Waals surface area contributed by atoms with Crippen LogP contribution >= 0.6 is 0 Å². The average Bonchev–Trinajstić information content (AvgIpc) is 2.19. The number of hydrogen-bond donors (Lipinski definition) is 0. The molecule has 0 spiro atoms. The van der Waals surface area contributed by atoms with Crippen LogP contribution in [0.1, 0.15) is 52.9 Å². The van der Waals surface area contributed by atoms with Gasteiger partial charge in [-0.1, -0.05) is 33.1 Å². The monoisotopic (exact) mass is 172 g/mol. The first-order chi connectivity index (χ1) is 5.93. The normalized spacial score (nSPS) is 18.2. The van der Waals surface area contributed by atoms with Crippen LogP contribution in [-0.4, -0.2) is 13.2 Å². The van der Waals surface area contributed by atoms with E-state index in [1.54, 1.807) is 0 Å². The first-order valence-electron chi connectivity index (χ1n) is 5.51. The van der Waals surface area contributed by atoms with E-state index >= 15 is 0 Å².